The van der Waals surface area contributed by atoms with Crippen molar-refractivity contribution >= 4 is 11.9 Å². The normalized spacial score (nSPS) is 10.2. The number of rotatable bonds is 13. The highest BCUT2D eigenvalue weighted by molar-refractivity contribution is 5.91. The number of carbonyl (C=O) groups is 2. The maximum Gasteiger partial charge on any atom is 0.343 e. The molecular formula is C28H28O8. The van der Waals surface area contributed by atoms with Crippen LogP contribution in [0, 0.1) is 6.92 Å². The number of hydrogen-bond donors (Lipinski definition) is 0. The first-order chi connectivity index (χ1) is 17.5. The third kappa shape index (κ3) is 8.09. The van der Waals surface area contributed by atoms with Gasteiger partial charge in [0.2, 0.25) is 6.79 Å². The van der Waals surface area contributed by atoms with Crippen LogP contribution in [0.4, 0.5) is 0 Å². The number of hydrogen-bond acceptors (Lipinski definition) is 8. The molecular weight excluding hydrogens is 464 g/mol. The molecule has 0 aliphatic rings. The molecule has 0 saturated heterocycles. The number of aryl methyl sites for hydroxylation is 1. The Morgan fingerprint density at radius 3 is 2.11 bits per heavy atom. The summed E-state index contributed by atoms with van der Waals surface area (Å²) < 4.78 is 32.3. The summed E-state index contributed by atoms with van der Waals surface area (Å²) in [5, 5.41) is 0. The van der Waals surface area contributed by atoms with E-state index in [0.717, 1.165) is 17.4 Å². The van der Waals surface area contributed by atoms with Gasteiger partial charge in [-0.05, 0) is 79.2 Å². The topological polar surface area (TPSA) is 89.5 Å². The maximum atomic E-state index is 12.5. The van der Waals surface area contributed by atoms with Crippen LogP contribution in [-0.4, -0.2) is 39.1 Å². The van der Waals surface area contributed by atoms with Gasteiger partial charge >= 0.3 is 11.9 Å². The van der Waals surface area contributed by atoms with E-state index in [1.165, 1.54) is 0 Å². The Kier molecular flexibility index (Phi) is 9.76. The lowest BCUT2D eigenvalue weighted by molar-refractivity contribution is -0.137. The van der Waals surface area contributed by atoms with Gasteiger partial charge in [-0.2, -0.15) is 0 Å². The van der Waals surface area contributed by atoms with Crippen molar-refractivity contribution in [2.45, 2.75) is 13.3 Å². The Hall–Kier alpha value is -4.46. The first-order valence-corrected chi connectivity index (χ1v) is 11.2. The predicted molar refractivity (Wildman–Crippen MR) is 133 cm³/mol. The molecule has 0 fully saturated rings. The first-order valence-electron chi connectivity index (χ1n) is 11.2. The second kappa shape index (κ2) is 13.4. The second-order valence-corrected chi connectivity index (χ2v) is 7.50. The zero-order chi connectivity index (χ0) is 25.8. The zero-order valence-corrected chi connectivity index (χ0v) is 20.2. The summed E-state index contributed by atoms with van der Waals surface area (Å²) in [4.78, 5) is 23.5. The van der Waals surface area contributed by atoms with Crippen LogP contribution in [-0.2, 0) is 9.53 Å². The van der Waals surface area contributed by atoms with Crippen LogP contribution in [0.2, 0.25) is 0 Å². The minimum atomic E-state index is -0.492. The molecule has 0 unspecified atom stereocenters. The van der Waals surface area contributed by atoms with Gasteiger partial charge in [-0.3, -0.25) is 0 Å². The quantitative estimate of drug-likeness (QED) is 0.107. The van der Waals surface area contributed by atoms with Crippen molar-refractivity contribution in [3.8, 4) is 28.7 Å². The second-order valence-electron chi connectivity index (χ2n) is 7.50. The number of ether oxygens (including phenoxy) is 6. The van der Waals surface area contributed by atoms with Crippen LogP contribution >= 0.6 is 0 Å². The molecule has 0 bridgehead atoms. The monoisotopic (exact) mass is 492 g/mol. The smallest absolute Gasteiger partial charge is 0.343 e. The van der Waals surface area contributed by atoms with Crippen molar-refractivity contribution in [3.05, 3.63) is 90.5 Å². The van der Waals surface area contributed by atoms with Crippen molar-refractivity contribution in [1.82, 2.24) is 0 Å². The van der Waals surface area contributed by atoms with Crippen LogP contribution in [0.25, 0.3) is 0 Å². The van der Waals surface area contributed by atoms with Crippen LogP contribution in [0.15, 0.2) is 79.4 Å². The van der Waals surface area contributed by atoms with Gasteiger partial charge in [0, 0.05) is 12.5 Å². The maximum absolute atomic E-state index is 12.5. The van der Waals surface area contributed by atoms with Crippen LogP contribution in [0.3, 0.4) is 0 Å². The highest BCUT2D eigenvalue weighted by atomic mass is 16.7. The van der Waals surface area contributed by atoms with E-state index in [1.807, 2.05) is 6.92 Å². The number of esters is 2. The Labute approximate surface area is 210 Å². The van der Waals surface area contributed by atoms with Gasteiger partial charge in [0.25, 0.3) is 0 Å². The lowest BCUT2D eigenvalue weighted by atomic mass is 10.2. The highest BCUT2D eigenvalue weighted by Crippen LogP contribution is 2.25. The van der Waals surface area contributed by atoms with Gasteiger partial charge < -0.3 is 28.4 Å². The minimum absolute atomic E-state index is 0.0285. The summed E-state index contributed by atoms with van der Waals surface area (Å²) in [5.74, 6) is 2.05. The van der Waals surface area contributed by atoms with E-state index in [2.05, 4.69) is 6.58 Å². The number of carbonyl (C=O) groups excluding carboxylic acids is 2. The SMILES string of the molecule is C=CC(=O)OCCCOc1ccc(C(=O)Oc2ccc(OCOc3ccc(OC)cc3)c(C)c2)cc1. The molecule has 0 aromatic heterocycles. The average molecular weight is 493 g/mol. The third-order valence-corrected chi connectivity index (χ3v) is 4.91. The van der Waals surface area contributed by atoms with Gasteiger partial charge in [0.15, 0.2) is 0 Å². The molecule has 0 saturated carbocycles. The largest absolute Gasteiger partial charge is 0.497 e. The Bertz CT molecular complexity index is 1150. The molecule has 0 heterocycles. The predicted octanol–water partition coefficient (Wildman–Crippen LogP) is 5.14. The van der Waals surface area contributed by atoms with Crippen LogP contribution in [0.1, 0.15) is 22.3 Å². The molecule has 3 aromatic carbocycles. The number of benzene rings is 3. The summed E-state index contributed by atoms with van der Waals surface area (Å²) in [6.07, 6.45) is 1.65. The van der Waals surface area contributed by atoms with Crippen molar-refractivity contribution < 1.29 is 38.0 Å². The summed E-state index contributed by atoms with van der Waals surface area (Å²) in [5.41, 5.74) is 1.18. The van der Waals surface area contributed by atoms with Gasteiger partial charge in [0.1, 0.15) is 28.7 Å². The molecule has 0 atom stereocenters. The van der Waals surface area contributed by atoms with E-state index in [0.29, 0.717) is 41.6 Å². The Morgan fingerprint density at radius 1 is 0.806 bits per heavy atom. The van der Waals surface area contributed by atoms with Crippen molar-refractivity contribution in [2.75, 3.05) is 27.1 Å². The standard InChI is InChI=1S/C28H28O8/c1-4-27(29)33-17-5-16-32-23-8-6-21(7-9-23)28(30)36-25-14-15-26(20(2)18-25)35-19-34-24-12-10-22(31-3)11-13-24/h4,6-15,18H,1,5,16-17,19H2,2-3H3. The van der Waals surface area contributed by atoms with E-state index in [-0.39, 0.29) is 13.4 Å². The Balaban J connectivity index is 1.44. The van der Waals surface area contributed by atoms with Gasteiger partial charge in [-0.25, -0.2) is 9.59 Å². The van der Waals surface area contributed by atoms with Crippen molar-refractivity contribution in [2.24, 2.45) is 0 Å². The molecule has 8 nitrogen and oxygen atoms in total. The molecule has 0 spiro atoms. The fourth-order valence-corrected chi connectivity index (χ4v) is 3.01. The van der Waals surface area contributed by atoms with E-state index in [4.69, 9.17) is 28.4 Å². The minimum Gasteiger partial charge on any atom is -0.497 e. The van der Waals surface area contributed by atoms with E-state index >= 15 is 0 Å². The summed E-state index contributed by atoms with van der Waals surface area (Å²) in [6.45, 7) is 5.82. The molecule has 0 N–H and O–H groups in total. The van der Waals surface area contributed by atoms with Crippen molar-refractivity contribution in [1.29, 1.82) is 0 Å². The van der Waals surface area contributed by atoms with Crippen LogP contribution in [0.5, 0.6) is 28.7 Å². The molecule has 36 heavy (non-hydrogen) atoms. The van der Waals surface area contributed by atoms with Gasteiger partial charge in [0.05, 0.1) is 25.9 Å². The highest BCUT2D eigenvalue weighted by Gasteiger charge is 2.11. The lowest BCUT2D eigenvalue weighted by Gasteiger charge is -2.12. The summed E-state index contributed by atoms with van der Waals surface area (Å²) >= 11 is 0. The fourth-order valence-electron chi connectivity index (χ4n) is 3.01. The molecule has 3 rings (SSSR count). The van der Waals surface area contributed by atoms with Gasteiger partial charge in [-0.1, -0.05) is 6.58 Å². The lowest BCUT2D eigenvalue weighted by Crippen LogP contribution is -2.10. The fraction of sp³-hybridized carbons (Fsp3) is 0.214. The van der Waals surface area contributed by atoms with Crippen molar-refractivity contribution in [3.63, 3.8) is 0 Å². The molecule has 0 radical (unpaired) electrons. The summed E-state index contributed by atoms with van der Waals surface area (Å²) in [7, 11) is 1.60. The molecule has 188 valence electrons. The van der Waals surface area contributed by atoms with Gasteiger partial charge in [-0.15, -0.1) is 0 Å². The summed E-state index contributed by atoms with van der Waals surface area (Å²) in [6, 6.07) is 18.9. The third-order valence-electron chi connectivity index (χ3n) is 4.91. The average Bonchev–Trinajstić information content (AvgIpc) is 2.90. The molecule has 3 aromatic rings. The molecule has 0 aliphatic carbocycles. The molecule has 0 amide bonds. The van der Waals surface area contributed by atoms with E-state index in [1.54, 1.807) is 73.8 Å². The molecule has 8 heteroatoms. The van der Waals surface area contributed by atoms with E-state index in [9.17, 15) is 9.59 Å². The first kappa shape index (κ1) is 26.2. The van der Waals surface area contributed by atoms with E-state index < -0.39 is 11.9 Å². The van der Waals surface area contributed by atoms with Crippen LogP contribution < -0.4 is 23.7 Å². The Morgan fingerprint density at radius 2 is 1.44 bits per heavy atom. The molecule has 0 aliphatic heterocycles. The number of methoxy groups -OCH3 is 1. The zero-order valence-electron chi connectivity index (χ0n) is 20.2.